The maximum Gasteiger partial charge on any atom is 0.319 e. The van der Waals surface area contributed by atoms with Crippen LogP contribution in [0.3, 0.4) is 0 Å². The van der Waals surface area contributed by atoms with Crippen molar-refractivity contribution in [2.24, 2.45) is 5.92 Å². The molecule has 2 N–H and O–H groups in total. The van der Waals surface area contributed by atoms with Gasteiger partial charge in [0.1, 0.15) is 11.5 Å². The number of aromatic nitrogens is 1. The van der Waals surface area contributed by atoms with E-state index in [1.807, 2.05) is 42.6 Å². The van der Waals surface area contributed by atoms with E-state index in [9.17, 15) is 4.79 Å². The third kappa shape index (κ3) is 5.48. The van der Waals surface area contributed by atoms with Gasteiger partial charge in [-0.1, -0.05) is 6.07 Å². The zero-order chi connectivity index (χ0) is 22.3. The Hall–Kier alpha value is -3.32. The molecule has 4 rings (SSSR count). The molecule has 1 aromatic heterocycles. The molecule has 3 aromatic rings. The van der Waals surface area contributed by atoms with Crippen LogP contribution in [-0.2, 0) is 4.74 Å². The van der Waals surface area contributed by atoms with Crippen molar-refractivity contribution in [2.45, 2.75) is 19.3 Å². The molecule has 7 nitrogen and oxygen atoms in total. The number of anilines is 1. The summed E-state index contributed by atoms with van der Waals surface area (Å²) in [5.41, 5.74) is 3.44. The Morgan fingerprint density at radius 2 is 1.78 bits per heavy atom. The van der Waals surface area contributed by atoms with Gasteiger partial charge in [-0.05, 0) is 61.1 Å². The zero-order valence-corrected chi connectivity index (χ0v) is 18.5. The SMILES string of the molecule is COc1cc(OC)cc(-c2cnc3cc(NC(=O)NCCC4CCOCC4)ccc3c2)c1. The molecule has 2 heterocycles. The number of fused-ring (bicyclic) bond motifs is 1. The summed E-state index contributed by atoms with van der Waals surface area (Å²) in [6, 6.07) is 13.3. The number of pyridine rings is 1. The Kier molecular flexibility index (Phi) is 7.07. The molecule has 0 saturated carbocycles. The van der Waals surface area contributed by atoms with Crippen molar-refractivity contribution in [3.8, 4) is 22.6 Å². The minimum atomic E-state index is -0.198. The summed E-state index contributed by atoms with van der Waals surface area (Å²) in [6.07, 6.45) is 4.94. The summed E-state index contributed by atoms with van der Waals surface area (Å²) >= 11 is 0. The highest BCUT2D eigenvalue weighted by Gasteiger charge is 2.14. The molecular formula is C25H29N3O4. The molecule has 0 unspecified atom stereocenters. The molecule has 7 heteroatoms. The summed E-state index contributed by atoms with van der Waals surface area (Å²) < 4.78 is 16.1. The van der Waals surface area contributed by atoms with Crippen LogP contribution in [0.1, 0.15) is 19.3 Å². The van der Waals surface area contributed by atoms with Gasteiger partial charge in [-0.15, -0.1) is 0 Å². The minimum Gasteiger partial charge on any atom is -0.497 e. The number of nitrogens with zero attached hydrogens (tertiary/aromatic N) is 1. The minimum absolute atomic E-state index is 0.198. The second kappa shape index (κ2) is 10.3. The molecule has 32 heavy (non-hydrogen) atoms. The Bertz CT molecular complexity index is 1060. The number of hydrogen-bond acceptors (Lipinski definition) is 5. The fraction of sp³-hybridized carbons (Fsp3) is 0.360. The van der Waals surface area contributed by atoms with Crippen LogP contribution in [0, 0.1) is 5.92 Å². The van der Waals surface area contributed by atoms with Crippen LogP contribution in [-0.4, -0.2) is 45.0 Å². The zero-order valence-electron chi connectivity index (χ0n) is 18.5. The van der Waals surface area contributed by atoms with Gasteiger partial charge in [-0.2, -0.15) is 0 Å². The van der Waals surface area contributed by atoms with E-state index in [1.54, 1.807) is 14.2 Å². The molecule has 1 fully saturated rings. The molecule has 2 amide bonds. The number of methoxy groups -OCH3 is 2. The molecule has 0 spiro atoms. The van der Waals surface area contributed by atoms with E-state index in [0.717, 1.165) is 66.0 Å². The molecule has 1 aliphatic heterocycles. The van der Waals surface area contributed by atoms with Gasteiger partial charge in [-0.25, -0.2) is 4.79 Å². The average molecular weight is 436 g/mol. The largest absolute Gasteiger partial charge is 0.497 e. The summed E-state index contributed by atoms with van der Waals surface area (Å²) in [4.78, 5) is 16.9. The fourth-order valence-corrected chi connectivity index (χ4v) is 3.93. The molecule has 2 aromatic carbocycles. The van der Waals surface area contributed by atoms with Crippen LogP contribution in [0.5, 0.6) is 11.5 Å². The van der Waals surface area contributed by atoms with Crippen LogP contribution >= 0.6 is 0 Å². The second-order valence-corrected chi connectivity index (χ2v) is 7.96. The third-order valence-electron chi connectivity index (χ3n) is 5.81. The Morgan fingerprint density at radius 1 is 1.03 bits per heavy atom. The highest BCUT2D eigenvalue weighted by atomic mass is 16.5. The van der Waals surface area contributed by atoms with E-state index in [1.165, 1.54) is 0 Å². The molecule has 0 atom stereocenters. The summed E-state index contributed by atoms with van der Waals surface area (Å²) in [5, 5.41) is 6.83. The maximum absolute atomic E-state index is 12.3. The fourth-order valence-electron chi connectivity index (χ4n) is 3.93. The quantitative estimate of drug-likeness (QED) is 0.554. The number of hydrogen-bond donors (Lipinski definition) is 2. The van der Waals surface area contributed by atoms with Crippen LogP contribution in [0.15, 0.2) is 48.7 Å². The molecule has 0 bridgehead atoms. The smallest absolute Gasteiger partial charge is 0.319 e. The van der Waals surface area contributed by atoms with Crippen LogP contribution < -0.4 is 20.1 Å². The number of amides is 2. The van der Waals surface area contributed by atoms with Gasteiger partial charge in [-0.3, -0.25) is 4.98 Å². The van der Waals surface area contributed by atoms with E-state index in [-0.39, 0.29) is 6.03 Å². The topological polar surface area (TPSA) is 81.7 Å². The molecule has 168 valence electrons. The van der Waals surface area contributed by atoms with E-state index in [2.05, 4.69) is 21.7 Å². The van der Waals surface area contributed by atoms with E-state index < -0.39 is 0 Å². The lowest BCUT2D eigenvalue weighted by Gasteiger charge is -2.21. The first-order valence-electron chi connectivity index (χ1n) is 10.9. The number of carbonyl (C=O) groups excluding carboxylic acids is 1. The van der Waals surface area contributed by atoms with Crippen molar-refractivity contribution in [3.05, 3.63) is 48.7 Å². The summed E-state index contributed by atoms with van der Waals surface area (Å²) in [5.74, 6) is 2.08. The van der Waals surface area contributed by atoms with Gasteiger partial charge in [0.15, 0.2) is 0 Å². The van der Waals surface area contributed by atoms with Crippen molar-refractivity contribution >= 4 is 22.6 Å². The summed E-state index contributed by atoms with van der Waals surface area (Å²) in [7, 11) is 3.26. The normalized spacial score (nSPS) is 14.2. The lowest BCUT2D eigenvalue weighted by atomic mass is 9.97. The standard InChI is InChI=1S/C25H29N3O4/c1-30-22-12-19(13-23(15-22)31-2)20-11-18-3-4-21(14-24(18)27-16-20)28-25(29)26-8-5-17-6-9-32-10-7-17/h3-4,11-17H,5-10H2,1-2H3,(H2,26,28,29). The third-order valence-corrected chi connectivity index (χ3v) is 5.81. The highest BCUT2D eigenvalue weighted by Crippen LogP contribution is 2.31. The van der Waals surface area contributed by atoms with Crippen LogP contribution in [0.4, 0.5) is 10.5 Å². The first kappa shape index (κ1) is 21.9. The lowest BCUT2D eigenvalue weighted by molar-refractivity contribution is 0.0642. The van der Waals surface area contributed by atoms with Gasteiger partial charge in [0, 0.05) is 48.7 Å². The lowest BCUT2D eigenvalue weighted by Crippen LogP contribution is -2.31. The number of rotatable bonds is 7. The van der Waals surface area contributed by atoms with Crippen molar-refractivity contribution in [2.75, 3.05) is 39.3 Å². The number of nitrogens with one attached hydrogen (secondary N) is 2. The Labute approximate surface area is 188 Å². The van der Waals surface area contributed by atoms with Crippen LogP contribution in [0.25, 0.3) is 22.0 Å². The van der Waals surface area contributed by atoms with Gasteiger partial charge >= 0.3 is 6.03 Å². The van der Waals surface area contributed by atoms with Crippen molar-refractivity contribution < 1.29 is 19.0 Å². The van der Waals surface area contributed by atoms with Crippen molar-refractivity contribution in [1.29, 1.82) is 0 Å². The van der Waals surface area contributed by atoms with Gasteiger partial charge in [0.05, 0.1) is 19.7 Å². The molecular weight excluding hydrogens is 406 g/mol. The van der Waals surface area contributed by atoms with Crippen molar-refractivity contribution in [3.63, 3.8) is 0 Å². The molecule has 1 aliphatic rings. The highest BCUT2D eigenvalue weighted by molar-refractivity contribution is 5.93. The number of carbonyl (C=O) groups is 1. The van der Waals surface area contributed by atoms with E-state index in [0.29, 0.717) is 18.2 Å². The summed E-state index contributed by atoms with van der Waals surface area (Å²) in [6.45, 7) is 2.32. The molecule has 0 radical (unpaired) electrons. The first-order chi connectivity index (χ1) is 15.6. The average Bonchev–Trinajstić information content (AvgIpc) is 2.84. The second-order valence-electron chi connectivity index (χ2n) is 7.96. The van der Waals surface area contributed by atoms with Gasteiger partial charge in [0.2, 0.25) is 0 Å². The monoisotopic (exact) mass is 435 g/mol. The number of ether oxygens (including phenoxy) is 3. The number of urea groups is 1. The van der Waals surface area contributed by atoms with Crippen molar-refractivity contribution in [1.82, 2.24) is 10.3 Å². The van der Waals surface area contributed by atoms with E-state index in [4.69, 9.17) is 14.2 Å². The Morgan fingerprint density at radius 3 is 2.50 bits per heavy atom. The van der Waals surface area contributed by atoms with Gasteiger partial charge in [0.25, 0.3) is 0 Å². The first-order valence-corrected chi connectivity index (χ1v) is 10.9. The number of benzene rings is 2. The van der Waals surface area contributed by atoms with Gasteiger partial charge < -0.3 is 24.8 Å². The molecule has 1 saturated heterocycles. The predicted octanol–water partition coefficient (Wildman–Crippen LogP) is 4.86. The molecule has 0 aliphatic carbocycles. The Balaban J connectivity index is 1.41. The van der Waals surface area contributed by atoms with Crippen LogP contribution in [0.2, 0.25) is 0 Å². The predicted molar refractivity (Wildman–Crippen MR) is 125 cm³/mol. The maximum atomic E-state index is 12.3. The van der Waals surface area contributed by atoms with E-state index >= 15 is 0 Å².